The van der Waals surface area contributed by atoms with Crippen LogP contribution < -0.4 is 9.84 Å². The monoisotopic (exact) mass is 307 g/mol. The highest BCUT2D eigenvalue weighted by Crippen LogP contribution is 2.36. The number of carbonyl (C=O) groups is 2. The van der Waals surface area contributed by atoms with Crippen LogP contribution in [0.5, 0.6) is 5.75 Å². The number of carbonyl (C=O) groups excluding carboxylic acids is 2. The van der Waals surface area contributed by atoms with Crippen molar-refractivity contribution in [2.24, 2.45) is 0 Å². The minimum absolute atomic E-state index is 0.272. The SMILES string of the molecule is Cc1cc(C)c(OC(=O)C(F)(F)C(F)(F)C(=O)[O-])c(C)c1. The molecule has 0 fully saturated rings. The third-order valence-electron chi connectivity index (χ3n) is 2.71. The van der Waals surface area contributed by atoms with E-state index >= 15 is 0 Å². The predicted octanol–water partition coefficient (Wildman–Crippen LogP) is 1.54. The van der Waals surface area contributed by atoms with Gasteiger partial charge < -0.3 is 14.6 Å². The van der Waals surface area contributed by atoms with Gasteiger partial charge in [-0.1, -0.05) is 17.7 Å². The third-order valence-corrected chi connectivity index (χ3v) is 2.71. The van der Waals surface area contributed by atoms with Gasteiger partial charge in [0.15, 0.2) is 0 Å². The van der Waals surface area contributed by atoms with Gasteiger partial charge in [-0.05, 0) is 31.9 Å². The van der Waals surface area contributed by atoms with E-state index in [1.807, 2.05) is 0 Å². The van der Waals surface area contributed by atoms with Gasteiger partial charge in [0.1, 0.15) is 11.7 Å². The van der Waals surface area contributed by atoms with Crippen molar-refractivity contribution in [1.29, 1.82) is 0 Å². The van der Waals surface area contributed by atoms with Crippen LogP contribution in [0.15, 0.2) is 12.1 Å². The number of ether oxygens (including phenoxy) is 1. The largest absolute Gasteiger partial charge is 0.544 e. The summed E-state index contributed by atoms with van der Waals surface area (Å²) < 4.78 is 56.4. The first-order chi connectivity index (χ1) is 9.41. The van der Waals surface area contributed by atoms with E-state index in [4.69, 9.17) is 0 Å². The predicted molar refractivity (Wildman–Crippen MR) is 61.2 cm³/mol. The fraction of sp³-hybridized carbons (Fsp3) is 0.385. The van der Waals surface area contributed by atoms with Crippen LogP contribution in [0.1, 0.15) is 16.7 Å². The number of halogens is 4. The number of hydrogen-bond acceptors (Lipinski definition) is 4. The van der Waals surface area contributed by atoms with Crippen LogP contribution in [0.2, 0.25) is 0 Å². The molecule has 0 aliphatic carbocycles. The first-order valence-corrected chi connectivity index (χ1v) is 5.68. The van der Waals surface area contributed by atoms with E-state index in [0.717, 1.165) is 5.56 Å². The van der Waals surface area contributed by atoms with Crippen LogP contribution in [-0.4, -0.2) is 23.8 Å². The van der Waals surface area contributed by atoms with Gasteiger partial charge in [-0.3, -0.25) is 0 Å². The highest BCUT2D eigenvalue weighted by atomic mass is 19.3. The molecule has 116 valence electrons. The molecule has 0 bridgehead atoms. The summed E-state index contributed by atoms with van der Waals surface area (Å²) in [7, 11) is 0. The highest BCUT2D eigenvalue weighted by molar-refractivity contribution is 5.89. The van der Waals surface area contributed by atoms with Crippen LogP contribution in [0.4, 0.5) is 17.6 Å². The van der Waals surface area contributed by atoms with Crippen molar-refractivity contribution in [3.05, 3.63) is 28.8 Å². The summed E-state index contributed by atoms with van der Waals surface area (Å²) in [5.41, 5.74) is 1.29. The van der Waals surface area contributed by atoms with Gasteiger partial charge in [-0.15, -0.1) is 0 Å². The average molecular weight is 307 g/mol. The lowest BCUT2D eigenvalue weighted by Gasteiger charge is -2.25. The van der Waals surface area contributed by atoms with Gasteiger partial charge in [0, 0.05) is 0 Å². The lowest BCUT2D eigenvalue weighted by molar-refractivity contribution is -0.346. The first-order valence-electron chi connectivity index (χ1n) is 5.68. The zero-order valence-corrected chi connectivity index (χ0v) is 11.3. The second-order valence-electron chi connectivity index (χ2n) is 4.55. The van der Waals surface area contributed by atoms with Crippen LogP contribution in [0.25, 0.3) is 0 Å². The molecule has 1 aromatic rings. The van der Waals surface area contributed by atoms with Crippen molar-refractivity contribution in [3.63, 3.8) is 0 Å². The second kappa shape index (κ2) is 5.34. The Labute approximate surface area is 117 Å². The summed E-state index contributed by atoms with van der Waals surface area (Å²) in [4.78, 5) is 21.3. The molecule has 1 rings (SSSR count). The molecule has 0 unspecified atom stereocenters. The molecule has 4 nitrogen and oxygen atoms in total. The Kier molecular flexibility index (Phi) is 4.31. The number of aliphatic carboxylic acids is 1. The van der Waals surface area contributed by atoms with Crippen molar-refractivity contribution < 1.29 is 37.0 Å². The zero-order valence-electron chi connectivity index (χ0n) is 11.3. The molecule has 0 amide bonds. The number of hydrogen-bond donors (Lipinski definition) is 0. The van der Waals surface area contributed by atoms with E-state index < -0.39 is 23.8 Å². The fourth-order valence-electron chi connectivity index (χ4n) is 1.74. The summed E-state index contributed by atoms with van der Waals surface area (Å²) in [5.74, 6) is -17.6. The summed E-state index contributed by atoms with van der Waals surface area (Å²) >= 11 is 0. The molecule has 0 aliphatic heterocycles. The molecule has 0 aliphatic rings. The molecule has 0 radical (unpaired) electrons. The number of alkyl halides is 4. The number of esters is 1. The van der Waals surface area contributed by atoms with Crippen molar-refractivity contribution in [1.82, 2.24) is 0 Å². The van der Waals surface area contributed by atoms with Gasteiger partial charge in [0.05, 0.1) is 0 Å². The Hall–Kier alpha value is -2.12. The normalized spacial score (nSPS) is 12.1. The maximum Gasteiger partial charge on any atom is 0.410 e. The minimum Gasteiger partial charge on any atom is -0.544 e. The molecule has 0 saturated heterocycles. The second-order valence-corrected chi connectivity index (χ2v) is 4.55. The Bertz CT molecular complexity index is 573. The van der Waals surface area contributed by atoms with Crippen LogP contribution in [-0.2, 0) is 9.59 Å². The van der Waals surface area contributed by atoms with Crippen molar-refractivity contribution >= 4 is 11.9 Å². The number of carboxylic acids is 1. The molecule has 0 N–H and O–H groups in total. The van der Waals surface area contributed by atoms with E-state index in [-0.39, 0.29) is 16.9 Å². The molecule has 8 heteroatoms. The number of benzene rings is 1. The summed E-state index contributed by atoms with van der Waals surface area (Å²) in [6.07, 6.45) is 0. The van der Waals surface area contributed by atoms with Gasteiger partial charge in [-0.2, -0.15) is 17.6 Å². The van der Waals surface area contributed by atoms with E-state index in [0.29, 0.717) is 0 Å². The molecule has 0 aromatic heterocycles. The Morgan fingerprint density at radius 3 is 1.81 bits per heavy atom. The maximum atomic E-state index is 13.2. The number of aryl methyl sites for hydroxylation is 3. The first kappa shape index (κ1) is 16.9. The van der Waals surface area contributed by atoms with Crippen molar-refractivity contribution in [2.75, 3.05) is 0 Å². The standard InChI is InChI=1S/C13H12F4O4/c1-6-4-7(2)9(8(3)5-6)21-11(20)13(16,17)12(14,15)10(18)19/h4-5H,1-3H3,(H,18,19)/p-1. The van der Waals surface area contributed by atoms with Gasteiger partial charge in [0.2, 0.25) is 0 Å². The maximum absolute atomic E-state index is 13.2. The quantitative estimate of drug-likeness (QED) is 0.481. The smallest absolute Gasteiger partial charge is 0.410 e. The fourth-order valence-corrected chi connectivity index (χ4v) is 1.74. The van der Waals surface area contributed by atoms with Crippen LogP contribution >= 0.6 is 0 Å². The summed E-state index contributed by atoms with van der Waals surface area (Å²) in [6, 6.07) is 2.98. The van der Waals surface area contributed by atoms with Crippen LogP contribution in [0, 0.1) is 20.8 Å². The topological polar surface area (TPSA) is 66.4 Å². The van der Waals surface area contributed by atoms with Gasteiger partial charge >= 0.3 is 17.8 Å². The van der Waals surface area contributed by atoms with E-state index in [2.05, 4.69) is 4.74 Å². The Balaban J connectivity index is 3.15. The van der Waals surface area contributed by atoms with Crippen molar-refractivity contribution in [2.45, 2.75) is 32.6 Å². The molecule has 0 saturated carbocycles. The molecule has 1 aromatic carbocycles. The molecule has 21 heavy (non-hydrogen) atoms. The summed E-state index contributed by atoms with van der Waals surface area (Å²) in [6.45, 7) is 4.56. The lowest BCUT2D eigenvalue weighted by Crippen LogP contribution is -2.58. The van der Waals surface area contributed by atoms with E-state index in [1.165, 1.54) is 26.0 Å². The lowest BCUT2D eigenvalue weighted by atomic mass is 10.1. The van der Waals surface area contributed by atoms with Gasteiger partial charge in [0.25, 0.3) is 0 Å². The molecular formula is C13H11F4O4-. The average Bonchev–Trinajstić information content (AvgIpc) is 2.32. The molecule has 0 spiro atoms. The van der Waals surface area contributed by atoms with Crippen LogP contribution in [0.3, 0.4) is 0 Å². The Morgan fingerprint density at radius 2 is 1.43 bits per heavy atom. The van der Waals surface area contributed by atoms with Crippen molar-refractivity contribution in [3.8, 4) is 5.75 Å². The third kappa shape index (κ3) is 2.98. The van der Waals surface area contributed by atoms with Gasteiger partial charge in [-0.25, -0.2) is 4.79 Å². The zero-order chi connectivity index (χ0) is 16.6. The molecule has 0 heterocycles. The summed E-state index contributed by atoms with van der Waals surface area (Å²) in [5, 5.41) is 10.1. The molecular weight excluding hydrogens is 296 g/mol. The van der Waals surface area contributed by atoms with E-state index in [1.54, 1.807) is 6.92 Å². The Morgan fingerprint density at radius 1 is 1.00 bits per heavy atom. The van der Waals surface area contributed by atoms with E-state index in [9.17, 15) is 32.3 Å². The minimum atomic E-state index is -5.67. The highest BCUT2D eigenvalue weighted by Gasteiger charge is 2.64. The molecule has 0 atom stereocenters. The number of rotatable bonds is 4. The number of carboxylic acid groups (broad SMARTS) is 1.